The summed E-state index contributed by atoms with van der Waals surface area (Å²) in [5.41, 5.74) is 9.47. The topological polar surface area (TPSA) is 57.4 Å². The molecular formula is C18H22N2O2. The van der Waals surface area contributed by atoms with Crippen LogP contribution in [0.5, 0.6) is 11.5 Å². The van der Waals surface area contributed by atoms with Gasteiger partial charge in [-0.2, -0.15) is 0 Å². The van der Waals surface area contributed by atoms with Gasteiger partial charge in [0, 0.05) is 23.4 Å². The van der Waals surface area contributed by atoms with Gasteiger partial charge < -0.3 is 15.2 Å². The largest absolute Gasteiger partial charge is 0.492 e. The van der Waals surface area contributed by atoms with Gasteiger partial charge in [0.2, 0.25) is 0 Å². The van der Waals surface area contributed by atoms with Gasteiger partial charge in [0.1, 0.15) is 24.7 Å². The molecule has 1 aromatic heterocycles. The number of benzene rings is 1. The van der Waals surface area contributed by atoms with Gasteiger partial charge in [0.25, 0.3) is 0 Å². The lowest BCUT2D eigenvalue weighted by atomic mass is 9.98. The molecule has 0 saturated heterocycles. The van der Waals surface area contributed by atoms with Crippen molar-refractivity contribution in [2.45, 2.75) is 32.9 Å². The third-order valence-electron chi connectivity index (χ3n) is 3.77. The Balaban J connectivity index is 1.73. The van der Waals surface area contributed by atoms with Crippen molar-refractivity contribution < 1.29 is 9.47 Å². The van der Waals surface area contributed by atoms with Gasteiger partial charge >= 0.3 is 0 Å². The number of pyridine rings is 1. The number of fused-ring (bicyclic) bond motifs is 3. The minimum absolute atomic E-state index is 0.0686. The summed E-state index contributed by atoms with van der Waals surface area (Å²) in [6.45, 7) is 5.42. The highest BCUT2D eigenvalue weighted by atomic mass is 16.5. The molecule has 0 aliphatic carbocycles. The van der Waals surface area contributed by atoms with E-state index in [2.05, 4.69) is 24.9 Å². The molecule has 3 rings (SSSR count). The van der Waals surface area contributed by atoms with Crippen LogP contribution in [-0.2, 0) is 6.61 Å². The lowest BCUT2D eigenvalue weighted by Crippen LogP contribution is -2.29. The Labute approximate surface area is 131 Å². The molecule has 0 fully saturated rings. The Bertz CT molecular complexity index is 655. The number of nitrogens with two attached hydrogens (primary N) is 1. The average molecular weight is 298 g/mol. The highest BCUT2D eigenvalue weighted by Crippen LogP contribution is 2.37. The summed E-state index contributed by atoms with van der Waals surface area (Å²) in [6, 6.07) is 8.17. The monoisotopic (exact) mass is 298 g/mol. The van der Waals surface area contributed by atoms with E-state index in [1.807, 2.05) is 18.2 Å². The van der Waals surface area contributed by atoms with Gasteiger partial charge in [0.05, 0.1) is 6.20 Å². The van der Waals surface area contributed by atoms with E-state index in [1.165, 1.54) is 5.56 Å². The summed E-state index contributed by atoms with van der Waals surface area (Å²) in [4.78, 5) is 4.10. The zero-order valence-corrected chi connectivity index (χ0v) is 13.1. The molecule has 116 valence electrons. The standard InChI is InChI=1S/C18H22N2O2/c1-12(2)7-14(19)11-21-15-3-4-16-13(8-15)10-22-18-9-20-6-5-17(16)18/h3-6,8-9,12,14H,7,10-11,19H2,1-2H3. The molecule has 1 atom stereocenters. The Morgan fingerprint density at radius 1 is 1.27 bits per heavy atom. The molecule has 1 aliphatic heterocycles. The fourth-order valence-electron chi connectivity index (χ4n) is 2.79. The van der Waals surface area contributed by atoms with Crippen LogP contribution in [0, 0.1) is 5.92 Å². The predicted octanol–water partition coefficient (Wildman–Crippen LogP) is 3.39. The van der Waals surface area contributed by atoms with Gasteiger partial charge in [0.15, 0.2) is 0 Å². The van der Waals surface area contributed by atoms with E-state index in [9.17, 15) is 0 Å². The second-order valence-corrected chi connectivity index (χ2v) is 6.18. The first-order valence-electron chi connectivity index (χ1n) is 7.72. The first kappa shape index (κ1) is 14.9. The van der Waals surface area contributed by atoms with Crippen molar-refractivity contribution in [2.75, 3.05) is 6.61 Å². The summed E-state index contributed by atoms with van der Waals surface area (Å²) in [7, 11) is 0. The van der Waals surface area contributed by atoms with E-state index in [-0.39, 0.29) is 6.04 Å². The lowest BCUT2D eigenvalue weighted by Gasteiger charge is -2.21. The van der Waals surface area contributed by atoms with Gasteiger partial charge in [-0.15, -0.1) is 0 Å². The van der Waals surface area contributed by atoms with Crippen molar-refractivity contribution in [1.29, 1.82) is 0 Å². The smallest absolute Gasteiger partial charge is 0.145 e. The predicted molar refractivity (Wildman–Crippen MR) is 86.9 cm³/mol. The molecular weight excluding hydrogens is 276 g/mol. The number of hydrogen-bond donors (Lipinski definition) is 1. The minimum Gasteiger partial charge on any atom is -0.492 e. The SMILES string of the molecule is CC(C)CC(N)COc1ccc2c(c1)COc1cnccc1-2. The summed E-state index contributed by atoms with van der Waals surface area (Å²) in [5, 5.41) is 0. The highest BCUT2D eigenvalue weighted by Gasteiger charge is 2.17. The van der Waals surface area contributed by atoms with Crippen LogP contribution in [0.2, 0.25) is 0 Å². The fraction of sp³-hybridized carbons (Fsp3) is 0.389. The molecule has 1 aliphatic rings. The molecule has 4 heteroatoms. The molecule has 2 N–H and O–H groups in total. The van der Waals surface area contributed by atoms with E-state index in [4.69, 9.17) is 15.2 Å². The van der Waals surface area contributed by atoms with Crippen LogP contribution in [0.25, 0.3) is 11.1 Å². The summed E-state index contributed by atoms with van der Waals surface area (Å²) < 4.78 is 11.6. The van der Waals surface area contributed by atoms with Crippen LogP contribution < -0.4 is 15.2 Å². The number of aromatic nitrogens is 1. The summed E-state index contributed by atoms with van der Waals surface area (Å²) in [6.07, 6.45) is 4.51. The quantitative estimate of drug-likeness (QED) is 0.919. The van der Waals surface area contributed by atoms with Crippen LogP contribution in [0.1, 0.15) is 25.8 Å². The molecule has 1 aromatic carbocycles. The van der Waals surface area contributed by atoms with Crippen molar-refractivity contribution in [2.24, 2.45) is 11.7 Å². The molecule has 4 nitrogen and oxygen atoms in total. The second-order valence-electron chi connectivity index (χ2n) is 6.18. The maximum atomic E-state index is 6.07. The molecule has 2 aromatic rings. The van der Waals surface area contributed by atoms with Crippen LogP contribution >= 0.6 is 0 Å². The maximum absolute atomic E-state index is 6.07. The van der Waals surface area contributed by atoms with Crippen molar-refractivity contribution >= 4 is 0 Å². The first-order valence-corrected chi connectivity index (χ1v) is 7.72. The van der Waals surface area contributed by atoms with E-state index in [0.717, 1.165) is 29.0 Å². The molecule has 0 radical (unpaired) electrons. The zero-order chi connectivity index (χ0) is 15.5. The lowest BCUT2D eigenvalue weighted by molar-refractivity contribution is 0.268. The number of nitrogens with zero attached hydrogens (tertiary/aromatic N) is 1. The van der Waals surface area contributed by atoms with Crippen molar-refractivity contribution in [3.8, 4) is 22.6 Å². The molecule has 2 heterocycles. The van der Waals surface area contributed by atoms with Crippen molar-refractivity contribution in [1.82, 2.24) is 4.98 Å². The van der Waals surface area contributed by atoms with E-state index in [0.29, 0.717) is 19.1 Å². The third-order valence-corrected chi connectivity index (χ3v) is 3.77. The number of hydrogen-bond acceptors (Lipinski definition) is 4. The normalized spacial score (nSPS) is 14.0. The highest BCUT2D eigenvalue weighted by molar-refractivity contribution is 5.75. The Kier molecular flexibility index (Phi) is 4.29. The van der Waals surface area contributed by atoms with Crippen LogP contribution in [0.15, 0.2) is 36.7 Å². The molecule has 22 heavy (non-hydrogen) atoms. The first-order chi connectivity index (χ1) is 10.6. The van der Waals surface area contributed by atoms with Crippen molar-refractivity contribution in [3.05, 3.63) is 42.2 Å². The third kappa shape index (κ3) is 3.22. The van der Waals surface area contributed by atoms with Gasteiger partial charge in [-0.05, 0) is 36.1 Å². The average Bonchev–Trinajstić information content (AvgIpc) is 2.52. The fourth-order valence-corrected chi connectivity index (χ4v) is 2.79. The van der Waals surface area contributed by atoms with E-state index < -0.39 is 0 Å². The summed E-state index contributed by atoms with van der Waals surface area (Å²) >= 11 is 0. The number of ether oxygens (including phenoxy) is 2. The Morgan fingerprint density at radius 2 is 2.14 bits per heavy atom. The van der Waals surface area contributed by atoms with Gasteiger partial charge in [-0.1, -0.05) is 19.9 Å². The van der Waals surface area contributed by atoms with Gasteiger partial charge in [-0.25, -0.2) is 0 Å². The molecule has 0 saturated carbocycles. The number of rotatable bonds is 5. The minimum atomic E-state index is 0.0686. The van der Waals surface area contributed by atoms with Gasteiger partial charge in [-0.3, -0.25) is 4.98 Å². The Morgan fingerprint density at radius 3 is 2.95 bits per heavy atom. The van der Waals surface area contributed by atoms with Crippen LogP contribution in [0.4, 0.5) is 0 Å². The van der Waals surface area contributed by atoms with Crippen LogP contribution in [0.3, 0.4) is 0 Å². The van der Waals surface area contributed by atoms with Crippen LogP contribution in [-0.4, -0.2) is 17.6 Å². The Hall–Kier alpha value is -2.07. The molecule has 0 spiro atoms. The maximum Gasteiger partial charge on any atom is 0.145 e. The molecule has 0 bridgehead atoms. The van der Waals surface area contributed by atoms with E-state index >= 15 is 0 Å². The van der Waals surface area contributed by atoms with Crippen molar-refractivity contribution in [3.63, 3.8) is 0 Å². The summed E-state index contributed by atoms with van der Waals surface area (Å²) in [5.74, 6) is 2.27. The molecule has 1 unspecified atom stereocenters. The molecule has 0 amide bonds. The van der Waals surface area contributed by atoms with E-state index in [1.54, 1.807) is 12.4 Å². The second kappa shape index (κ2) is 6.36. The zero-order valence-electron chi connectivity index (χ0n) is 13.1.